The molecule has 1 saturated heterocycles. The van der Waals surface area contributed by atoms with Gasteiger partial charge in [0.15, 0.2) is 0 Å². The van der Waals surface area contributed by atoms with Crippen molar-refractivity contribution in [2.24, 2.45) is 5.92 Å². The molecule has 1 aliphatic heterocycles. The Hall–Kier alpha value is -1.06. The van der Waals surface area contributed by atoms with Gasteiger partial charge in [0.05, 0.1) is 10.6 Å². The Balaban J connectivity index is 2.19. The van der Waals surface area contributed by atoms with Crippen LogP contribution in [-0.2, 0) is 0 Å². The largest absolute Gasteiger partial charge is 0.396 e. The van der Waals surface area contributed by atoms with Crippen molar-refractivity contribution < 1.29 is 9.90 Å². The first-order valence-corrected chi connectivity index (χ1v) is 6.67. The molecule has 0 spiro atoms. The molecule has 2 rings (SSSR count). The first kappa shape index (κ1) is 13.4. The third-order valence-corrected chi connectivity index (χ3v) is 3.93. The SMILES string of the molecule is CC1CCC(CO)CN1C(=O)c1ccccc1Cl. The third kappa shape index (κ3) is 2.68. The van der Waals surface area contributed by atoms with Gasteiger partial charge in [-0.3, -0.25) is 4.79 Å². The Bertz CT molecular complexity index is 436. The average molecular weight is 268 g/mol. The molecular weight excluding hydrogens is 250 g/mol. The van der Waals surface area contributed by atoms with Gasteiger partial charge in [0, 0.05) is 19.2 Å². The molecule has 0 radical (unpaired) electrons. The maximum absolute atomic E-state index is 12.5. The summed E-state index contributed by atoms with van der Waals surface area (Å²) in [6.45, 7) is 2.79. The van der Waals surface area contributed by atoms with Gasteiger partial charge in [0.25, 0.3) is 5.91 Å². The van der Waals surface area contributed by atoms with Crippen molar-refractivity contribution in [2.45, 2.75) is 25.8 Å². The lowest BCUT2D eigenvalue weighted by molar-refractivity contribution is 0.0489. The number of nitrogens with zero attached hydrogens (tertiary/aromatic N) is 1. The van der Waals surface area contributed by atoms with E-state index >= 15 is 0 Å². The summed E-state index contributed by atoms with van der Waals surface area (Å²) in [6, 6.07) is 7.32. The van der Waals surface area contributed by atoms with E-state index in [1.54, 1.807) is 12.1 Å². The van der Waals surface area contributed by atoms with Gasteiger partial charge in [-0.2, -0.15) is 0 Å². The number of carbonyl (C=O) groups is 1. The normalized spacial score (nSPS) is 24.1. The topological polar surface area (TPSA) is 40.5 Å². The van der Waals surface area contributed by atoms with Gasteiger partial charge in [-0.25, -0.2) is 0 Å². The van der Waals surface area contributed by atoms with E-state index in [2.05, 4.69) is 0 Å². The van der Waals surface area contributed by atoms with Crippen LogP contribution in [-0.4, -0.2) is 35.1 Å². The fourth-order valence-electron chi connectivity index (χ4n) is 2.40. The highest BCUT2D eigenvalue weighted by Gasteiger charge is 2.29. The molecule has 0 aliphatic carbocycles. The maximum atomic E-state index is 12.5. The summed E-state index contributed by atoms with van der Waals surface area (Å²) in [4.78, 5) is 14.3. The molecular formula is C14H18ClNO2. The second kappa shape index (κ2) is 5.72. The molecule has 2 unspecified atom stereocenters. The first-order chi connectivity index (χ1) is 8.63. The van der Waals surface area contributed by atoms with Crippen molar-refractivity contribution in [3.63, 3.8) is 0 Å². The zero-order valence-electron chi connectivity index (χ0n) is 10.5. The van der Waals surface area contributed by atoms with Crippen LogP contribution in [0.3, 0.4) is 0 Å². The zero-order chi connectivity index (χ0) is 13.1. The molecule has 98 valence electrons. The highest BCUT2D eigenvalue weighted by Crippen LogP contribution is 2.25. The van der Waals surface area contributed by atoms with Gasteiger partial charge in [0.1, 0.15) is 0 Å². The fourth-order valence-corrected chi connectivity index (χ4v) is 2.62. The number of aliphatic hydroxyl groups is 1. The lowest BCUT2D eigenvalue weighted by Crippen LogP contribution is -2.46. The minimum atomic E-state index is -0.0359. The number of rotatable bonds is 2. The van der Waals surface area contributed by atoms with Gasteiger partial charge in [-0.05, 0) is 37.8 Å². The van der Waals surface area contributed by atoms with E-state index in [-0.39, 0.29) is 24.5 Å². The van der Waals surface area contributed by atoms with Crippen LogP contribution in [0.15, 0.2) is 24.3 Å². The number of likely N-dealkylation sites (tertiary alicyclic amines) is 1. The van der Waals surface area contributed by atoms with Crippen molar-refractivity contribution in [3.8, 4) is 0 Å². The number of halogens is 1. The molecule has 2 atom stereocenters. The number of aliphatic hydroxyl groups excluding tert-OH is 1. The summed E-state index contributed by atoms with van der Waals surface area (Å²) in [5, 5.41) is 9.72. The number of hydrogen-bond acceptors (Lipinski definition) is 2. The van der Waals surface area contributed by atoms with Crippen LogP contribution >= 0.6 is 11.6 Å². The van der Waals surface area contributed by atoms with Crippen molar-refractivity contribution in [1.82, 2.24) is 4.90 Å². The minimum Gasteiger partial charge on any atom is -0.396 e. The molecule has 0 bridgehead atoms. The van der Waals surface area contributed by atoms with E-state index < -0.39 is 0 Å². The first-order valence-electron chi connectivity index (χ1n) is 6.30. The highest BCUT2D eigenvalue weighted by molar-refractivity contribution is 6.33. The van der Waals surface area contributed by atoms with Gasteiger partial charge in [-0.15, -0.1) is 0 Å². The van der Waals surface area contributed by atoms with Gasteiger partial charge in [0.2, 0.25) is 0 Å². The van der Waals surface area contributed by atoms with E-state index in [0.717, 1.165) is 12.8 Å². The summed E-state index contributed by atoms with van der Waals surface area (Å²) >= 11 is 6.06. The Kier molecular flexibility index (Phi) is 4.25. The predicted octanol–water partition coefficient (Wildman–Crippen LogP) is 2.57. The highest BCUT2D eigenvalue weighted by atomic mass is 35.5. The van der Waals surface area contributed by atoms with Crippen LogP contribution < -0.4 is 0 Å². The third-order valence-electron chi connectivity index (χ3n) is 3.60. The quantitative estimate of drug-likeness (QED) is 0.895. The molecule has 1 heterocycles. The number of carbonyl (C=O) groups excluding carboxylic acids is 1. The lowest BCUT2D eigenvalue weighted by Gasteiger charge is -2.37. The standard InChI is InChI=1S/C14H18ClNO2/c1-10-6-7-11(9-17)8-16(10)14(18)12-4-2-3-5-13(12)15/h2-5,10-11,17H,6-9H2,1H3. The molecule has 18 heavy (non-hydrogen) atoms. The molecule has 1 N–H and O–H groups in total. The van der Waals surface area contributed by atoms with Crippen molar-refractivity contribution >= 4 is 17.5 Å². The second-order valence-electron chi connectivity index (χ2n) is 4.91. The van der Waals surface area contributed by atoms with E-state index in [1.165, 1.54) is 0 Å². The maximum Gasteiger partial charge on any atom is 0.255 e. The van der Waals surface area contributed by atoms with Gasteiger partial charge >= 0.3 is 0 Å². The minimum absolute atomic E-state index is 0.0359. The Morgan fingerprint density at radius 3 is 2.83 bits per heavy atom. The summed E-state index contributed by atoms with van der Waals surface area (Å²) in [6.07, 6.45) is 1.91. The predicted molar refractivity (Wildman–Crippen MR) is 71.8 cm³/mol. The molecule has 1 aromatic carbocycles. The van der Waals surface area contributed by atoms with Gasteiger partial charge < -0.3 is 10.0 Å². The molecule has 0 aromatic heterocycles. The summed E-state index contributed by atoms with van der Waals surface area (Å²) in [5.41, 5.74) is 0.546. The monoisotopic (exact) mass is 267 g/mol. The van der Waals surface area contributed by atoms with Crippen LogP contribution in [0.1, 0.15) is 30.1 Å². The van der Waals surface area contributed by atoms with Crippen LogP contribution in [0, 0.1) is 5.92 Å². The van der Waals surface area contributed by atoms with Crippen molar-refractivity contribution in [1.29, 1.82) is 0 Å². The summed E-state index contributed by atoms with van der Waals surface area (Å²) in [5.74, 6) is 0.152. The molecule has 4 heteroatoms. The molecule has 1 amide bonds. The van der Waals surface area contributed by atoms with Crippen molar-refractivity contribution in [3.05, 3.63) is 34.9 Å². The smallest absolute Gasteiger partial charge is 0.255 e. The summed E-state index contributed by atoms with van der Waals surface area (Å²) in [7, 11) is 0. The second-order valence-corrected chi connectivity index (χ2v) is 5.32. The number of benzene rings is 1. The van der Waals surface area contributed by atoms with Crippen LogP contribution in [0.25, 0.3) is 0 Å². The Labute approximate surface area is 112 Å². The Morgan fingerprint density at radius 1 is 1.44 bits per heavy atom. The van der Waals surface area contributed by atoms with E-state index in [9.17, 15) is 9.90 Å². The fraction of sp³-hybridized carbons (Fsp3) is 0.500. The number of hydrogen-bond donors (Lipinski definition) is 1. The molecule has 1 aliphatic rings. The molecule has 0 saturated carbocycles. The summed E-state index contributed by atoms with van der Waals surface area (Å²) < 4.78 is 0. The molecule has 1 aromatic rings. The van der Waals surface area contributed by atoms with Crippen molar-refractivity contribution in [2.75, 3.05) is 13.2 Å². The molecule has 3 nitrogen and oxygen atoms in total. The van der Waals surface area contributed by atoms with E-state index in [0.29, 0.717) is 17.1 Å². The van der Waals surface area contributed by atoms with E-state index in [1.807, 2.05) is 24.0 Å². The van der Waals surface area contributed by atoms with Crippen LogP contribution in [0.2, 0.25) is 5.02 Å². The number of piperidine rings is 1. The van der Waals surface area contributed by atoms with Gasteiger partial charge in [-0.1, -0.05) is 23.7 Å². The van der Waals surface area contributed by atoms with Crippen LogP contribution in [0.4, 0.5) is 0 Å². The van der Waals surface area contributed by atoms with E-state index in [4.69, 9.17) is 11.6 Å². The van der Waals surface area contributed by atoms with Crippen LogP contribution in [0.5, 0.6) is 0 Å². The zero-order valence-corrected chi connectivity index (χ0v) is 11.2. The number of amides is 1. The molecule has 1 fully saturated rings. The Morgan fingerprint density at radius 2 is 2.17 bits per heavy atom. The lowest BCUT2D eigenvalue weighted by atomic mass is 9.93. The average Bonchev–Trinajstić information content (AvgIpc) is 2.39.